The van der Waals surface area contributed by atoms with Crippen LogP contribution in [-0.2, 0) is 16.2 Å². The maximum Gasteiger partial charge on any atom is 0.417 e. The standard InChI is InChI=1S/C19H28F3N3O2S/c1-14(12-15-6-7-15)24-28(26,27)18-9-8-16(13-17(18)19(20,21)22)23-25-10-4-2-3-5-11-25/h8-9,13-15,23-24H,2-7,10-12H2,1H3. The smallest absolute Gasteiger partial charge is 0.319 e. The Kier molecular flexibility index (Phi) is 6.56. The fraction of sp³-hybridized carbons (Fsp3) is 0.684. The summed E-state index contributed by atoms with van der Waals surface area (Å²) >= 11 is 0. The molecule has 1 aliphatic carbocycles. The van der Waals surface area contributed by atoms with Gasteiger partial charge in [-0.25, -0.2) is 18.1 Å². The Morgan fingerprint density at radius 3 is 2.36 bits per heavy atom. The Morgan fingerprint density at radius 2 is 1.79 bits per heavy atom. The summed E-state index contributed by atoms with van der Waals surface area (Å²) < 4.78 is 68.5. The van der Waals surface area contributed by atoms with Crippen molar-refractivity contribution in [1.29, 1.82) is 0 Å². The van der Waals surface area contributed by atoms with Crippen molar-refractivity contribution in [2.24, 2.45) is 5.92 Å². The van der Waals surface area contributed by atoms with Crippen LogP contribution in [0.2, 0.25) is 0 Å². The number of hydrogen-bond donors (Lipinski definition) is 2. The molecule has 1 saturated heterocycles. The van der Waals surface area contributed by atoms with Crippen molar-refractivity contribution in [3.63, 3.8) is 0 Å². The lowest BCUT2D eigenvalue weighted by Crippen LogP contribution is -2.34. The highest BCUT2D eigenvalue weighted by atomic mass is 32.2. The highest BCUT2D eigenvalue weighted by molar-refractivity contribution is 7.89. The van der Waals surface area contributed by atoms with Gasteiger partial charge in [-0.2, -0.15) is 13.2 Å². The molecular formula is C19H28F3N3O2S. The minimum absolute atomic E-state index is 0.249. The number of sulfonamides is 1. The molecule has 0 bridgehead atoms. The largest absolute Gasteiger partial charge is 0.417 e. The number of nitrogens with one attached hydrogen (secondary N) is 2. The molecule has 0 radical (unpaired) electrons. The van der Waals surface area contributed by atoms with E-state index in [0.717, 1.165) is 63.7 Å². The summed E-state index contributed by atoms with van der Waals surface area (Å²) in [6.07, 6.45) is 2.16. The maximum absolute atomic E-state index is 13.6. The van der Waals surface area contributed by atoms with Crippen LogP contribution in [0.1, 0.15) is 57.4 Å². The Hall–Kier alpha value is -1.32. The first-order valence-electron chi connectivity index (χ1n) is 9.90. The quantitative estimate of drug-likeness (QED) is 0.689. The van der Waals surface area contributed by atoms with E-state index in [2.05, 4.69) is 10.1 Å². The summed E-state index contributed by atoms with van der Waals surface area (Å²) in [6, 6.07) is 2.95. The fourth-order valence-corrected chi connectivity index (χ4v) is 5.11. The number of hydrogen-bond acceptors (Lipinski definition) is 4. The van der Waals surface area contributed by atoms with Gasteiger partial charge in [-0.1, -0.05) is 25.7 Å². The van der Waals surface area contributed by atoms with Crippen molar-refractivity contribution in [2.45, 2.75) is 69.0 Å². The molecule has 0 amide bonds. The van der Waals surface area contributed by atoms with Crippen molar-refractivity contribution in [1.82, 2.24) is 9.73 Å². The Balaban J connectivity index is 1.81. The first kappa shape index (κ1) is 21.4. The van der Waals surface area contributed by atoms with Gasteiger partial charge in [0.05, 0.1) is 10.5 Å². The molecule has 2 N–H and O–H groups in total. The molecule has 1 heterocycles. The second-order valence-corrected chi connectivity index (χ2v) is 9.61. The molecule has 158 valence electrons. The molecule has 1 saturated carbocycles. The molecule has 1 unspecified atom stereocenters. The van der Waals surface area contributed by atoms with E-state index in [9.17, 15) is 21.6 Å². The van der Waals surface area contributed by atoms with Gasteiger partial charge in [-0.3, -0.25) is 0 Å². The van der Waals surface area contributed by atoms with Crippen LogP contribution in [0, 0.1) is 5.92 Å². The van der Waals surface area contributed by atoms with Gasteiger partial charge in [-0.05, 0) is 50.3 Å². The van der Waals surface area contributed by atoms with Crippen molar-refractivity contribution in [3.8, 4) is 0 Å². The first-order chi connectivity index (χ1) is 13.1. The normalized spacial score (nSPS) is 20.6. The van der Waals surface area contributed by atoms with Gasteiger partial charge in [0.2, 0.25) is 10.0 Å². The number of halogens is 3. The monoisotopic (exact) mass is 419 g/mol. The van der Waals surface area contributed by atoms with Gasteiger partial charge in [0.1, 0.15) is 0 Å². The molecule has 2 aliphatic rings. The average Bonchev–Trinajstić information content (AvgIpc) is 3.41. The van der Waals surface area contributed by atoms with E-state index in [4.69, 9.17) is 0 Å². The van der Waals surface area contributed by atoms with Gasteiger partial charge in [0, 0.05) is 24.8 Å². The van der Waals surface area contributed by atoms with E-state index in [1.165, 1.54) is 6.07 Å². The van der Waals surface area contributed by atoms with Gasteiger partial charge in [-0.15, -0.1) is 0 Å². The minimum Gasteiger partial charge on any atom is -0.319 e. The lowest BCUT2D eigenvalue weighted by atomic mass is 10.2. The lowest BCUT2D eigenvalue weighted by molar-refractivity contribution is -0.139. The van der Waals surface area contributed by atoms with Gasteiger partial charge >= 0.3 is 6.18 Å². The van der Waals surface area contributed by atoms with E-state index in [-0.39, 0.29) is 5.69 Å². The third-order valence-electron chi connectivity index (χ3n) is 5.21. The predicted molar refractivity (Wildman–Crippen MR) is 102 cm³/mol. The molecule has 5 nitrogen and oxygen atoms in total. The zero-order chi connectivity index (χ0) is 20.4. The second kappa shape index (κ2) is 8.59. The highest BCUT2D eigenvalue weighted by Gasteiger charge is 2.38. The topological polar surface area (TPSA) is 61.4 Å². The summed E-state index contributed by atoms with van der Waals surface area (Å²) in [7, 11) is -4.26. The average molecular weight is 420 g/mol. The van der Waals surface area contributed by atoms with Crippen molar-refractivity contribution < 1.29 is 21.6 Å². The predicted octanol–water partition coefficient (Wildman–Crippen LogP) is 4.38. The van der Waals surface area contributed by atoms with Gasteiger partial charge < -0.3 is 5.43 Å². The third kappa shape index (κ3) is 5.84. The molecule has 1 aliphatic heterocycles. The van der Waals surface area contributed by atoms with Crippen LogP contribution in [0.4, 0.5) is 18.9 Å². The Morgan fingerprint density at radius 1 is 1.14 bits per heavy atom. The molecule has 28 heavy (non-hydrogen) atoms. The molecule has 1 aromatic carbocycles. The van der Waals surface area contributed by atoms with Crippen LogP contribution < -0.4 is 10.1 Å². The summed E-state index contributed by atoms with van der Waals surface area (Å²) in [5.41, 5.74) is 2.11. The van der Waals surface area contributed by atoms with Crippen LogP contribution in [0.3, 0.4) is 0 Å². The SMILES string of the molecule is CC(CC1CC1)NS(=O)(=O)c1ccc(NN2CCCCCC2)cc1C(F)(F)F. The number of hydrazine groups is 1. The van der Waals surface area contributed by atoms with Crippen LogP contribution >= 0.6 is 0 Å². The second-order valence-electron chi connectivity index (χ2n) is 7.92. The number of nitrogens with zero attached hydrogens (tertiary/aromatic N) is 1. The summed E-state index contributed by atoms with van der Waals surface area (Å²) in [4.78, 5) is -0.718. The zero-order valence-corrected chi connectivity index (χ0v) is 16.9. The number of benzene rings is 1. The summed E-state index contributed by atoms with van der Waals surface area (Å²) in [6.45, 7) is 3.20. The van der Waals surface area contributed by atoms with Crippen molar-refractivity contribution in [3.05, 3.63) is 23.8 Å². The Labute approximate surface area is 164 Å². The third-order valence-corrected chi connectivity index (χ3v) is 6.86. The van der Waals surface area contributed by atoms with Gasteiger partial charge in [0.15, 0.2) is 0 Å². The van der Waals surface area contributed by atoms with E-state index >= 15 is 0 Å². The van der Waals surface area contributed by atoms with E-state index in [1.807, 2.05) is 5.01 Å². The summed E-state index contributed by atoms with van der Waals surface area (Å²) in [5, 5.41) is 1.90. The minimum atomic E-state index is -4.76. The van der Waals surface area contributed by atoms with E-state index < -0.39 is 32.7 Å². The molecule has 0 spiro atoms. The van der Waals surface area contributed by atoms with E-state index in [0.29, 0.717) is 12.3 Å². The van der Waals surface area contributed by atoms with Crippen molar-refractivity contribution in [2.75, 3.05) is 18.5 Å². The van der Waals surface area contributed by atoms with Gasteiger partial charge in [0.25, 0.3) is 0 Å². The summed E-state index contributed by atoms with van der Waals surface area (Å²) in [5.74, 6) is 0.472. The molecule has 1 atom stereocenters. The number of alkyl halides is 3. The molecule has 3 rings (SSSR count). The highest BCUT2D eigenvalue weighted by Crippen LogP contribution is 2.37. The lowest BCUT2D eigenvalue weighted by Gasteiger charge is -2.24. The molecular weight excluding hydrogens is 391 g/mol. The number of anilines is 1. The molecule has 2 fully saturated rings. The fourth-order valence-electron chi connectivity index (χ4n) is 3.65. The van der Waals surface area contributed by atoms with Crippen LogP contribution in [0.5, 0.6) is 0 Å². The zero-order valence-electron chi connectivity index (χ0n) is 16.1. The Bertz CT molecular complexity index is 771. The van der Waals surface area contributed by atoms with Crippen LogP contribution in [0.25, 0.3) is 0 Å². The molecule has 1 aromatic rings. The first-order valence-corrected chi connectivity index (χ1v) is 11.4. The van der Waals surface area contributed by atoms with Crippen molar-refractivity contribution >= 4 is 15.7 Å². The van der Waals surface area contributed by atoms with Crippen LogP contribution in [0.15, 0.2) is 23.1 Å². The molecule has 9 heteroatoms. The van der Waals surface area contributed by atoms with Crippen LogP contribution in [-0.4, -0.2) is 32.6 Å². The number of rotatable bonds is 7. The van der Waals surface area contributed by atoms with E-state index in [1.54, 1.807) is 6.92 Å². The molecule has 0 aromatic heterocycles. The maximum atomic E-state index is 13.6.